The van der Waals surface area contributed by atoms with Crippen LogP contribution in [-0.4, -0.2) is 41.7 Å². The van der Waals surface area contributed by atoms with Gasteiger partial charge >= 0.3 is 5.97 Å². The number of methoxy groups -OCH3 is 1. The maximum absolute atomic E-state index is 13.2. The number of benzene rings is 2. The van der Waals surface area contributed by atoms with Crippen LogP contribution in [0.15, 0.2) is 57.4 Å². The first kappa shape index (κ1) is 26.2. The van der Waals surface area contributed by atoms with Crippen molar-refractivity contribution in [3.63, 3.8) is 0 Å². The van der Waals surface area contributed by atoms with Crippen LogP contribution >= 0.6 is 15.9 Å². The van der Waals surface area contributed by atoms with Crippen LogP contribution in [-0.2, 0) is 22.4 Å². The lowest BCUT2D eigenvalue weighted by atomic mass is 10.1. The number of hydrogen-bond acceptors (Lipinski definition) is 7. The van der Waals surface area contributed by atoms with E-state index in [4.69, 9.17) is 14.2 Å². The molecule has 0 aliphatic heterocycles. The fourth-order valence-electron chi connectivity index (χ4n) is 3.50. The minimum atomic E-state index is -0.819. The van der Waals surface area contributed by atoms with Crippen LogP contribution in [0.4, 0.5) is 0 Å². The zero-order valence-electron chi connectivity index (χ0n) is 20.2. The molecule has 0 spiro atoms. The lowest BCUT2D eigenvalue weighted by molar-refractivity contribution is -0.150. The number of halogens is 1. The van der Waals surface area contributed by atoms with Gasteiger partial charge in [0.1, 0.15) is 5.82 Å². The molecule has 0 amide bonds. The number of aromatic nitrogens is 2. The topological polar surface area (TPSA) is 92.0 Å². The van der Waals surface area contributed by atoms with Crippen LogP contribution in [0.25, 0.3) is 10.9 Å². The zero-order chi connectivity index (χ0) is 25.5. The van der Waals surface area contributed by atoms with Gasteiger partial charge in [0.25, 0.3) is 5.56 Å². The van der Waals surface area contributed by atoms with E-state index in [1.54, 1.807) is 44.3 Å². The molecule has 35 heavy (non-hydrogen) atoms. The minimum absolute atomic E-state index is 0.258. The Kier molecular flexibility index (Phi) is 8.81. The van der Waals surface area contributed by atoms with Gasteiger partial charge in [0.05, 0.1) is 30.8 Å². The zero-order valence-corrected chi connectivity index (χ0v) is 21.8. The standard InChI is InChI=1S/C26H28BrN3O5/c1-6-9-18-12-17(13-22(33-5)24(18)35-16(4)26(32)34-8-3)15-28-30-23(7-2)29-21-11-10-19(27)14-20(21)25(30)31/h6,10-16H,1,7-9H2,2-5H3/t16-/m0/s1. The summed E-state index contributed by atoms with van der Waals surface area (Å²) < 4.78 is 18.6. The fraction of sp³-hybridized carbons (Fsp3) is 0.308. The molecule has 9 heteroatoms. The molecule has 0 saturated carbocycles. The molecule has 0 aliphatic rings. The largest absolute Gasteiger partial charge is 0.493 e. The molecule has 8 nitrogen and oxygen atoms in total. The van der Waals surface area contributed by atoms with Crippen LogP contribution < -0.4 is 15.0 Å². The van der Waals surface area contributed by atoms with Gasteiger partial charge in [-0.3, -0.25) is 4.79 Å². The molecule has 0 fully saturated rings. The molecular formula is C26H28BrN3O5. The summed E-state index contributed by atoms with van der Waals surface area (Å²) in [5.41, 5.74) is 1.79. The Morgan fingerprint density at radius 2 is 2.06 bits per heavy atom. The third kappa shape index (κ3) is 5.97. The van der Waals surface area contributed by atoms with E-state index in [0.717, 1.165) is 10.0 Å². The van der Waals surface area contributed by atoms with Crippen molar-refractivity contribution in [2.45, 2.75) is 39.7 Å². The van der Waals surface area contributed by atoms with E-state index >= 15 is 0 Å². The summed E-state index contributed by atoms with van der Waals surface area (Å²) in [5, 5.41) is 4.92. The highest BCUT2D eigenvalue weighted by molar-refractivity contribution is 9.10. The molecule has 0 saturated heterocycles. The van der Waals surface area contributed by atoms with Gasteiger partial charge in [-0.05, 0) is 56.2 Å². The van der Waals surface area contributed by atoms with Gasteiger partial charge in [0.2, 0.25) is 0 Å². The van der Waals surface area contributed by atoms with Crippen LogP contribution in [0.5, 0.6) is 11.5 Å². The van der Waals surface area contributed by atoms with E-state index in [2.05, 4.69) is 32.6 Å². The fourth-order valence-corrected chi connectivity index (χ4v) is 3.86. The molecule has 0 unspecified atom stereocenters. The minimum Gasteiger partial charge on any atom is -0.493 e. The molecular weight excluding hydrogens is 514 g/mol. The second-order valence-electron chi connectivity index (χ2n) is 7.62. The number of allylic oxidation sites excluding steroid dienone is 1. The van der Waals surface area contributed by atoms with Gasteiger partial charge in [0.15, 0.2) is 17.6 Å². The molecule has 1 atom stereocenters. The predicted octanol–water partition coefficient (Wildman–Crippen LogP) is 4.67. The Hall–Kier alpha value is -3.46. The molecule has 3 rings (SSSR count). The lowest BCUT2D eigenvalue weighted by Crippen LogP contribution is -2.26. The van der Waals surface area contributed by atoms with E-state index < -0.39 is 12.1 Å². The summed E-state index contributed by atoms with van der Waals surface area (Å²) in [5.74, 6) is 0.925. The summed E-state index contributed by atoms with van der Waals surface area (Å²) in [4.78, 5) is 29.8. The summed E-state index contributed by atoms with van der Waals surface area (Å²) in [7, 11) is 1.51. The first-order chi connectivity index (χ1) is 16.8. The van der Waals surface area contributed by atoms with Crippen LogP contribution in [0.3, 0.4) is 0 Å². The van der Waals surface area contributed by atoms with Crippen molar-refractivity contribution in [1.29, 1.82) is 0 Å². The summed E-state index contributed by atoms with van der Waals surface area (Å²) in [6, 6.07) is 8.96. The SMILES string of the molecule is C=CCc1cc(C=Nn2c(CC)nc3ccc(Br)cc3c2=O)cc(OC)c1O[C@@H](C)C(=O)OCC. The number of carbonyl (C=O) groups is 1. The molecule has 0 radical (unpaired) electrons. The van der Waals surface area contributed by atoms with E-state index in [1.807, 2.05) is 19.1 Å². The Morgan fingerprint density at radius 1 is 1.29 bits per heavy atom. The van der Waals surface area contributed by atoms with Gasteiger partial charge in [-0.2, -0.15) is 9.78 Å². The van der Waals surface area contributed by atoms with Gasteiger partial charge in [-0.1, -0.05) is 28.9 Å². The number of hydrogen-bond donors (Lipinski definition) is 0. The van der Waals surface area contributed by atoms with Crippen molar-refractivity contribution in [3.05, 3.63) is 74.8 Å². The summed E-state index contributed by atoms with van der Waals surface area (Å²) in [6.07, 6.45) is 3.47. The number of carbonyl (C=O) groups excluding carboxylic acids is 1. The number of aryl methyl sites for hydroxylation is 1. The maximum Gasteiger partial charge on any atom is 0.347 e. The molecule has 184 valence electrons. The normalized spacial score (nSPS) is 12.0. The molecule has 0 aliphatic carbocycles. The Labute approximate surface area is 212 Å². The average molecular weight is 542 g/mol. The monoisotopic (exact) mass is 541 g/mol. The average Bonchev–Trinajstić information content (AvgIpc) is 2.85. The lowest BCUT2D eigenvalue weighted by Gasteiger charge is -2.19. The molecule has 3 aromatic rings. The molecule has 0 N–H and O–H groups in total. The van der Waals surface area contributed by atoms with Gasteiger partial charge in [-0.15, -0.1) is 6.58 Å². The number of rotatable bonds is 10. The van der Waals surface area contributed by atoms with Crippen molar-refractivity contribution >= 4 is 39.0 Å². The number of esters is 1. The molecule has 1 heterocycles. The van der Waals surface area contributed by atoms with Crippen molar-refractivity contribution < 1.29 is 19.0 Å². The van der Waals surface area contributed by atoms with Crippen LogP contribution in [0.1, 0.15) is 37.7 Å². The quantitative estimate of drug-likeness (QED) is 0.210. The van der Waals surface area contributed by atoms with Crippen molar-refractivity contribution in [1.82, 2.24) is 9.66 Å². The smallest absolute Gasteiger partial charge is 0.347 e. The summed E-state index contributed by atoms with van der Waals surface area (Å²) in [6.45, 7) is 9.35. The van der Waals surface area contributed by atoms with E-state index in [1.165, 1.54) is 11.8 Å². The number of ether oxygens (including phenoxy) is 3. The first-order valence-corrected chi connectivity index (χ1v) is 12.0. The van der Waals surface area contributed by atoms with Crippen molar-refractivity contribution in [3.8, 4) is 11.5 Å². The first-order valence-electron chi connectivity index (χ1n) is 11.2. The Balaban J connectivity index is 2.05. The third-order valence-corrected chi connectivity index (χ3v) is 5.66. The maximum atomic E-state index is 13.2. The van der Waals surface area contributed by atoms with E-state index in [9.17, 15) is 9.59 Å². The Bertz CT molecular complexity index is 1330. The summed E-state index contributed by atoms with van der Waals surface area (Å²) >= 11 is 3.41. The molecule has 1 aromatic heterocycles. The van der Waals surface area contributed by atoms with Crippen LogP contribution in [0.2, 0.25) is 0 Å². The highest BCUT2D eigenvalue weighted by Gasteiger charge is 2.21. The number of nitrogens with zero attached hydrogens (tertiary/aromatic N) is 3. The predicted molar refractivity (Wildman–Crippen MR) is 140 cm³/mol. The van der Waals surface area contributed by atoms with Gasteiger partial charge < -0.3 is 14.2 Å². The number of fused-ring (bicyclic) bond motifs is 1. The van der Waals surface area contributed by atoms with Crippen LogP contribution in [0, 0.1) is 0 Å². The second kappa shape index (κ2) is 11.8. The third-order valence-electron chi connectivity index (χ3n) is 5.17. The highest BCUT2D eigenvalue weighted by Crippen LogP contribution is 2.34. The van der Waals surface area contributed by atoms with Crippen molar-refractivity contribution in [2.75, 3.05) is 13.7 Å². The highest BCUT2D eigenvalue weighted by atomic mass is 79.9. The van der Waals surface area contributed by atoms with Crippen molar-refractivity contribution in [2.24, 2.45) is 5.10 Å². The Morgan fingerprint density at radius 3 is 2.71 bits per heavy atom. The van der Waals surface area contributed by atoms with E-state index in [-0.39, 0.29) is 12.2 Å². The second-order valence-corrected chi connectivity index (χ2v) is 8.54. The molecule has 2 aromatic carbocycles. The van der Waals surface area contributed by atoms with Gasteiger partial charge in [-0.25, -0.2) is 9.78 Å². The van der Waals surface area contributed by atoms with E-state index in [0.29, 0.717) is 46.6 Å². The van der Waals surface area contributed by atoms with Gasteiger partial charge in [0, 0.05) is 16.5 Å². The molecule has 0 bridgehead atoms.